The zero-order chi connectivity index (χ0) is 27.8. The highest BCUT2D eigenvalue weighted by Crippen LogP contribution is 2.46. The summed E-state index contributed by atoms with van der Waals surface area (Å²) in [5.41, 5.74) is 0. The summed E-state index contributed by atoms with van der Waals surface area (Å²) >= 11 is 0. The van der Waals surface area contributed by atoms with Gasteiger partial charge >= 0.3 is 0 Å². The molecule has 8 aromatic carbocycles. The van der Waals surface area contributed by atoms with Gasteiger partial charge in [-0.1, -0.05) is 125 Å². The summed E-state index contributed by atoms with van der Waals surface area (Å²) in [5, 5.41) is 15.6. The van der Waals surface area contributed by atoms with Gasteiger partial charge in [0.25, 0.3) is 0 Å². The number of allylic oxidation sites excluding steroid dienone is 1. The predicted molar refractivity (Wildman–Crippen MR) is 208 cm³/mol. The van der Waals surface area contributed by atoms with E-state index in [4.69, 9.17) is 0 Å². The van der Waals surface area contributed by atoms with E-state index in [2.05, 4.69) is 140 Å². The van der Waals surface area contributed by atoms with Crippen LogP contribution in [0.25, 0.3) is 64.6 Å². The molecule has 0 N–H and O–H groups in total. The van der Waals surface area contributed by atoms with Gasteiger partial charge in [-0.3, -0.25) is 0 Å². The summed E-state index contributed by atoms with van der Waals surface area (Å²) in [7, 11) is 3.73. The lowest BCUT2D eigenvalue weighted by molar-refractivity contribution is 1.57. The second kappa shape index (κ2) is 13.5. The Kier molecular flexibility index (Phi) is 9.75. The van der Waals surface area contributed by atoms with Crippen LogP contribution in [0.15, 0.2) is 156 Å². The zero-order valence-corrected chi connectivity index (χ0v) is 28.7. The minimum Gasteiger partial charge on any atom is -0.153 e. The second-order valence-corrected chi connectivity index (χ2v) is 12.5. The Labute approximate surface area is 267 Å². The lowest BCUT2D eigenvalue weighted by Gasteiger charge is -2.13. The summed E-state index contributed by atoms with van der Waals surface area (Å²) in [6, 6.07) is 49.1. The van der Waals surface area contributed by atoms with Crippen LogP contribution in [0.4, 0.5) is 0 Å². The molecular formula is C39H34P2S2. The van der Waals surface area contributed by atoms with Crippen molar-refractivity contribution in [3.8, 4) is 0 Å². The molecule has 4 heteroatoms. The molecule has 0 heterocycles. The highest BCUT2D eigenvalue weighted by molar-refractivity contribution is 8.76. The van der Waals surface area contributed by atoms with Crippen LogP contribution in [0.2, 0.25) is 0 Å². The van der Waals surface area contributed by atoms with Crippen molar-refractivity contribution in [1.82, 2.24) is 0 Å². The molecule has 0 amide bonds. The molecule has 0 aliphatic rings. The van der Waals surface area contributed by atoms with Crippen molar-refractivity contribution in [1.29, 1.82) is 0 Å². The third-order valence-corrected chi connectivity index (χ3v) is 10.0. The third-order valence-electron chi connectivity index (χ3n) is 7.60. The van der Waals surface area contributed by atoms with Gasteiger partial charge in [0.1, 0.15) is 0 Å². The van der Waals surface area contributed by atoms with Crippen molar-refractivity contribution in [3.05, 3.63) is 146 Å². The lowest BCUT2D eigenvalue weighted by Crippen LogP contribution is -1.83. The average Bonchev–Trinajstić information content (AvgIpc) is 3.02. The predicted octanol–water partition coefficient (Wildman–Crippen LogP) is 12.7. The minimum absolute atomic E-state index is 0. The summed E-state index contributed by atoms with van der Waals surface area (Å²) in [6.45, 7) is 5.25. The molecular weight excluding hydrogens is 595 g/mol. The van der Waals surface area contributed by atoms with Gasteiger partial charge in [-0.15, -0.1) is 6.58 Å². The van der Waals surface area contributed by atoms with Gasteiger partial charge in [0, 0.05) is 20.6 Å². The highest BCUT2D eigenvalue weighted by Gasteiger charge is 2.12. The maximum atomic E-state index is 3.36. The first-order valence-corrected chi connectivity index (χ1v) is 16.0. The number of benzene rings is 8. The Hall–Kier alpha value is -3.38. The molecule has 0 aromatic heterocycles. The Morgan fingerprint density at radius 3 is 1.14 bits per heavy atom. The van der Waals surface area contributed by atoms with E-state index >= 15 is 0 Å². The topological polar surface area (TPSA) is 0 Å². The highest BCUT2D eigenvalue weighted by atomic mass is 33.1. The van der Waals surface area contributed by atoms with Crippen LogP contribution in [0.1, 0.15) is 6.92 Å². The molecule has 43 heavy (non-hydrogen) atoms. The summed E-state index contributed by atoms with van der Waals surface area (Å²) in [4.78, 5) is 2.60. The van der Waals surface area contributed by atoms with Crippen LogP contribution >= 0.6 is 41.4 Å². The molecule has 0 fully saturated rings. The number of hydrogen-bond donors (Lipinski definition) is 0. The molecule has 0 spiro atoms. The molecule has 2 atom stereocenters. The van der Waals surface area contributed by atoms with Crippen molar-refractivity contribution < 1.29 is 0 Å². The Morgan fingerprint density at radius 1 is 0.419 bits per heavy atom. The quantitative estimate of drug-likeness (QED) is 0.0628. The molecule has 0 aliphatic carbocycles. The van der Waals surface area contributed by atoms with Crippen molar-refractivity contribution in [2.75, 3.05) is 0 Å². The van der Waals surface area contributed by atoms with E-state index in [1.807, 2.05) is 28.5 Å². The molecule has 0 aliphatic heterocycles. The van der Waals surface area contributed by atoms with Crippen LogP contribution in [0.5, 0.6) is 0 Å². The van der Waals surface area contributed by atoms with E-state index in [9.17, 15) is 0 Å². The number of fused-ring (bicyclic) bond motifs is 8. The van der Waals surface area contributed by atoms with E-state index in [0.29, 0.717) is 0 Å². The molecule has 0 radical (unpaired) electrons. The monoisotopic (exact) mass is 628 g/mol. The van der Waals surface area contributed by atoms with Crippen LogP contribution in [-0.4, -0.2) is 0 Å². The molecule has 0 bridgehead atoms. The van der Waals surface area contributed by atoms with Crippen molar-refractivity contribution >= 4 is 106 Å². The summed E-state index contributed by atoms with van der Waals surface area (Å²) in [5.74, 6) is 0. The second-order valence-electron chi connectivity index (χ2n) is 10.3. The van der Waals surface area contributed by atoms with Crippen LogP contribution in [0, 0.1) is 0 Å². The summed E-state index contributed by atoms with van der Waals surface area (Å²) < 4.78 is 0. The lowest BCUT2D eigenvalue weighted by atomic mass is 9.98. The zero-order valence-electron chi connectivity index (χ0n) is 24.2. The standard InChI is InChI=1S/C36H22S2.C3H6.2H3P/c1-3-9-27-21-31-29(19-25(27)7-1)17-15-23-11-5-13-33(35(23)31)37-38-34-14-6-12-24-16-18-30-20-26-8-2-4-10-28(26)22-32(30)36(24)34;1-3-2;;/h1-22H;3H,1H2,2H3;2*1H3. The van der Waals surface area contributed by atoms with Crippen molar-refractivity contribution in [2.45, 2.75) is 16.7 Å². The van der Waals surface area contributed by atoms with E-state index < -0.39 is 0 Å². The Morgan fingerprint density at radius 2 is 0.744 bits per heavy atom. The average molecular weight is 629 g/mol. The Balaban J connectivity index is 0.000000709. The fraction of sp³-hybridized carbons (Fsp3) is 0.0256. The first-order valence-electron chi connectivity index (χ1n) is 13.8. The number of rotatable bonds is 3. The fourth-order valence-corrected chi connectivity index (χ4v) is 8.20. The molecule has 8 rings (SSSR count). The van der Waals surface area contributed by atoms with Gasteiger partial charge in [-0.25, -0.2) is 0 Å². The fourth-order valence-electron chi connectivity index (χ4n) is 5.76. The van der Waals surface area contributed by atoms with E-state index in [-0.39, 0.29) is 19.8 Å². The SMILES string of the molecule is C=CC.P.P.c1ccc2cc3c(ccc4cccc(SSc5cccc6ccc7cc8ccccc8cc7c56)c43)cc2c1. The van der Waals surface area contributed by atoms with Gasteiger partial charge in [0.15, 0.2) is 0 Å². The normalized spacial score (nSPS) is 10.8. The van der Waals surface area contributed by atoms with Crippen LogP contribution in [-0.2, 0) is 0 Å². The van der Waals surface area contributed by atoms with E-state index in [1.165, 1.54) is 74.4 Å². The summed E-state index contributed by atoms with van der Waals surface area (Å²) in [6.07, 6.45) is 1.75. The van der Waals surface area contributed by atoms with Crippen LogP contribution in [0.3, 0.4) is 0 Å². The molecule has 2 unspecified atom stereocenters. The van der Waals surface area contributed by atoms with Gasteiger partial charge in [-0.05, 0) is 97.2 Å². The molecule has 8 aromatic rings. The number of hydrogen-bond acceptors (Lipinski definition) is 2. The molecule has 0 nitrogen and oxygen atoms in total. The molecule has 0 saturated heterocycles. The largest absolute Gasteiger partial charge is 0.153 e. The molecule has 212 valence electrons. The van der Waals surface area contributed by atoms with Crippen molar-refractivity contribution in [2.24, 2.45) is 0 Å². The van der Waals surface area contributed by atoms with E-state index in [0.717, 1.165) is 0 Å². The van der Waals surface area contributed by atoms with Crippen molar-refractivity contribution in [3.63, 3.8) is 0 Å². The van der Waals surface area contributed by atoms with E-state index in [1.54, 1.807) is 6.08 Å². The van der Waals surface area contributed by atoms with Gasteiger partial charge in [-0.2, -0.15) is 19.8 Å². The van der Waals surface area contributed by atoms with Gasteiger partial charge in [0.2, 0.25) is 0 Å². The maximum Gasteiger partial charge on any atom is 0.0271 e. The smallest absolute Gasteiger partial charge is 0.0271 e. The maximum absolute atomic E-state index is 3.36. The van der Waals surface area contributed by atoms with Gasteiger partial charge < -0.3 is 0 Å². The minimum atomic E-state index is 0. The third kappa shape index (κ3) is 5.91. The van der Waals surface area contributed by atoms with Crippen LogP contribution < -0.4 is 0 Å². The Bertz CT molecular complexity index is 2100. The first-order chi connectivity index (χ1) is 20.2. The molecule has 0 saturated carbocycles. The van der Waals surface area contributed by atoms with Gasteiger partial charge in [0.05, 0.1) is 0 Å². The first kappa shape index (κ1) is 31.1.